The van der Waals surface area contributed by atoms with Crippen LogP contribution < -0.4 is 9.47 Å². The molecule has 0 aliphatic carbocycles. The van der Waals surface area contributed by atoms with Gasteiger partial charge in [0.15, 0.2) is 11.6 Å². The van der Waals surface area contributed by atoms with Gasteiger partial charge in [-0.2, -0.15) is 0 Å². The standard InChI is InChI=1S/C25H38N2O3/c1-3-5-7-9-18-29-23-14-12-22(13-15-23)25-26-20-24(21-27-25)30-19-11-10-17-28-16-8-6-4-2/h12-15,20-21H,3-11,16-19H2,1-2H3. The van der Waals surface area contributed by atoms with Crippen LogP contribution in [0.15, 0.2) is 36.7 Å². The molecule has 2 rings (SSSR count). The van der Waals surface area contributed by atoms with Gasteiger partial charge in [-0.3, -0.25) is 0 Å². The molecule has 0 bridgehead atoms. The van der Waals surface area contributed by atoms with Gasteiger partial charge in [-0.05, 0) is 49.9 Å². The minimum absolute atomic E-state index is 0.658. The monoisotopic (exact) mass is 414 g/mol. The molecule has 30 heavy (non-hydrogen) atoms. The molecular weight excluding hydrogens is 376 g/mol. The molecule has 5 nitrogen and oxygen atoms in total. The number of unbranched alkanes of at least 4 members (excludes halogenated alkanes) is 6. The number of hydrogen-bond donors (Lipinski definition) is 0. The van der Waals surface area contributed by atoms with E-state index in [-0.39, 0.29) is 0 Å². The highest BCUT2D eigenvalue weighted by molar-refractivity contribution is 5.56. The topological polar surface area (TPSA) is 53.5 Å². The molecule has 0 fully saturated rings. The maximum absolute atomic E-state index is 5.79. The van der Waals surface area contributed by atoms with Gasteiger partial charge >= 0.3 is 0 Å². The van der Waals surface area contributed by atoms with Crippen LogP contribution in [0.3, 0.4) is 0 Å². The third kappa shape index (κ3) is 10.1. The molecule has 5 heteroatoms. The van der Waals surface area contributed by atoms with Crippen molar-refractivity contribution < 1.29 is 14.2 Å². The predicted molar refractivity (Wildman–Crippen MR) is 122 cm³/mol. The van der Waals surface area contributed by atoms with Crippen molar-refractivity contribution in [1.82, 2.24) is 9.97 Å². The fraction of sp³-hybridized carbons (Fsp3) is 0.600. The number of nitrogens with zero attached hydrogens (tertiary/aromatic N) is 2. The second kappa shape index (κ2) is 15.7. The van der Waals surface area contributed by atoms with Crippen LogP contribution in [0.5, 0.6) is 11.5 Å². The molecule has 0 N–H and O–H groups in total. The van der Waals surface area contributed by atoms with Gasteiger partial charge in [0.1, 0.15) is 5.75 Å². The summed E-state index contributed by atoms with van der Waals surface area (Å²) in [5, 5.41) is 0. The van der Waals surface area contributed by atoms with E-state index in [1.54, 1.807) is 12.4 Å². The van der Waals surface area contributed by atoms with Gasteiger partial charge < -0.3 is 14.2 Å². The highest BCUT2D eigenvalue weighted by Crippen LogP contribution is 2.20. The molecule has 0 aliphatic heterocycles. The molecule has 0 saturated carbocycles. The first-order valence-electron chi connectivity index (χ1n) is 11.6. The van der Waals surface area contributed by atoms with E-state index in [1.165, 1.54) is 32.1 Å². The predicted octanol–water partition coefficient (Wildman–Crippen LogP) is 6.47. The van der Waals surface area contributed by atoms with Crippen molar-refractivity contribution in [3.05, 3.63) is 36.7 Å². The summed E-state index contributed by atoms with van der Waals surface area (Å²) in [5.41, 5.74) is 0.972. The summed E-state index contributed by atoms with van der Waals surface area (Å²) in [7, 11) is 0. The number of aromatic nitrogens is 2. The largest absolute Gasteiger partial charge is 0.494 e. The zero-order valence-electron chi connectivity index (χ0n) is 18.8. The first-order valence-corrected chi connectivity index (χ1v) is 11.6. The van der Waals surface area contributed by atoms with Crippen LogP contribution in [0.1, 0.15) is 71.6 Å². The summed E-state index contributed by atoms with van der Waals surface area (Å²) in [6.45, 7) is 7.53. The lowest BCUT2D eigenvalue weighted by Crippen LogP contribution is -2.02. The van der Waals surface area contributed by atoms with Crippen LogP contribution in [-0.2, 0) is 4.74 Å². The Kier molecular flexibility index (Phi) is 12.6. The second-order valence-corrected chi connectivity index (χ2v) is 7.55. The van der Waals surface area contributed by atoms with E-state index < -0.39 is 0 Å². The van der Waals surface area contributed by atoms with E-state index in [1.807, 2.05) is 24.3 Å². The highest BCUT2D eigenvalue weighted by atomic mass is 16.5. The lowest BCUT2D eigenvalue weighted by Gasteiger charge is -2.08. The maximum atomic E-state index is 5.79. The fourth-order valence-electron chi connectivity index (χ4n) is 3.01. The van der Waals surface area contributed by atoms with Gasteiger partial charge in [-0.1, -0.05) is 46.0 Å². The van der Waals surface area contributed by atoms with Gasteiger partial charge in [0, 0.05) is 18.8 Å². The Balaban J connectivity index is 1.64. The zero-order chi connectivity index (χ0) is 21.3. The molecule has 0 spiro atoms. The normalized spacial score (nSPS) is 10.9. The maximum Gasteiger partial charge on any atom is 0.159 e. The number of benzene rings is 1. The lowest BCUT2D eigenvalue weighted by molar-refractivity contribution is 0.122. The first-order chi connectivity index (χ1) is 14.8. The SMILES string of the molecule is CCCCCCOc1ccc(-c2ncc(OCCCCOCCCCC)cn2)cc1. The van der Waals surface area contributed by atoms with Crippen molar-refractivity contribution in [1.29, 1.82) is 0 Å². The summed E-state index contributed by atoms with van der Waals surface area (Å²) in [6, 6.07) is 7.95. The van der Waals surface area contributed by atoms with Crippen LogP contribution >= 0.6 is 0 Å². The Morgan fingerprint density at radius 2 is 1.13 bits per heavy atom. The van der Waals surface area contributed by atoms with E-state index >= 15 is 0 Å². The smallest absolute Gasteiger partial charge is 0.159 e. The van der Waals surface area contributed by atoms with Crippen LogP contribution in [0.2, 0.25) is 0 Å². The van der Waals surface area contributed by atoms with Crippen molar-refractivity contribution in [2.45, 2.75) is 71.6 Å². The molecule has 0 radical (unpaired) electrons. The Morgan fingerprint density at radius 1 is 0.600 bits per heavy atom. The summed E-state index contributed by atoms with van der Waals surface area (Å²) in [4.78, 5) is 8.86. The van der Waals surface area contributed by atoms with Crippen molar-refractivity contribution in [2.75, 3.05) is 26.4 Å². The van der Waals surface area contributed by atoms with E-state index in [0.717, 1.165) is 56.8 Å². The quantitative estimate of drug-likeness (QED) is 0.278. The molecule has 0 saturated heterocycles. The molecule has 1 heterocycles. The van der Waals surface area contributed by atoms with Crippen LogP contribution in [0.4, 0.5) is 0 Å². The van der Waals surface area contributed by atoms with Crippen LogP contribution in [-0.4, -0.2) is 36.4 Å². The van der Waals surface area contributed by atoms with Gasteiger partial charge in [0.2, 0.25) is 0 Å². The van der Waals surface area contributed by atoms with E-state index in [4.69, 9.17) is 14.2 Å². The average molecular weight is 415 g/mol. The Labute approximate surface area is 182 Å². The summed E-state index contributed by atoms with van der Waals surface area (Å²) >= 11 is 0. The van der Waals surface area contributed by atoms with Crippen molar-refractivity contribution >= 4 is 0 Å². The molecule has 0 unspecified atom stereocenters. The number of hydrogen-bond acceptors (Lipinski definition) is 5. The number of rotatable bonds is 17. The van der Waals surface area contributed by atoms with Crippen molar-refractivity contribution in [2.24, 2.45) is 0 Å². The molecule has 2 aromatic rings. The number of ether oxygens (including phenoxy) is 3. The Hall–Kier alpha value is -2.14. The van der Waals surface area contributed by atoms with Crippen LogP contribution in [0, 0.1) is 0 Å². The minimum atomic E-state index is 0.658. The molecule has 0 atom stereocenters. The van der Waals surface area contributed by atoms with E-state index in [9.17, 15) is 0 Å². The molecule has 0 amide bonds. The third-order valence-corrected chi connectivity index (χ3v) is 4.85. The summed E-state index contributed by atoms with van der Waals surface area (Å²) in [5.74, 6) is 2.29. The molecule has 166 valence electrons. The summed E-state index contributed by atoms with van der Waals surface area (Å²) < 4.78 is 17.1. The van der Waals surface area contributed by atoms with Gasteiger partial charge in [0.05, 0.1) is 25.6 Å². The lowest BCUT2D eigenvalue weighted by atomic mass is 10.2. The van der Waals surface area contributed by atoms with Crippen molar-refractivity contribution in [3.8, 4) is 22.9 Å². The fourth-order valence-corrected chi connectivity index (χ4v) is 3.01. The molecule has 1 aromatic carbocycles. The Morgan fingerprint density at radius 3 is 1.80 bits per heavy atom. The average Bonchev–Trinajstić information content (AvgIpc) is 2.79. The zero-order valence-corrected chi connectivity index (χ0v) is 18.8. The molecular formula is C25H38N2O3. The molecule has 1 aromatic heterocycles. The summed E-state index contributed by atoms with van der Waals surface area (Å²) in [6.07, 6.45) is 13.9. The Bertz CT molecular complexity index is 659. The van der Waals surface area contributed by atoms with E-state index in [0.29, 0.717) is 18.2 Å². The van der Waals surface area contributed by atoms with E-state index in [2.05, 4.69) is 23.8 Å². The first kappa shape index (κ1) is 24.1. The third-order valence-electron chi connectivity index (χ3n) is 4.85. The van der Waals surface area contributed by atoms with Gasteiger partial charge in [-0.15, -0.1) is 0 Å². The van der Waals surface area contributed by atoms with Crippen LogP contribution in [0.25, 0.3) is 11.4 Å². The van der Waals surface area contributed by atoms with Crippen molar-refractivity contribution in [3.63, 3.8) is 0 Å². The highest BCUT2D eigenvalue weighted by Gasteiger charge is 2.03. The van der Waals surface area contributed by atoms with Gasteiger partial charge in [-0.25, -0.2) is 9.97 Å². The van der Waals surface area contributed by atoms with Gasteiger partial charge in [0.25, 0.3) is 0 Å². The molecule has 0 aliphatic rings. The minimum Gasteiger partial charge on any atom is -0.494 e. The second-order valence-electron chi connectivity index (χ2n) is 7.55.